The van der Waals surface area contributed by atoms with Gasteiger partial charge in [-0.3, -0.25) is 4.79 Å². The summed E-state index contributed by atoms with van der Waals surface area (Å²) in [4.78, 5) is 14.4. The Morgan fingerprint density at radius 2 is 1.95 bits per heavy atom. The van der Waals surface area contributed by atoms with Gasteiger partial charge in [0.2, 0.25) is 0 Å². The van der Waals surface area contributed by atoms with E-state index in [1.807, 2.05) is 12.1 Å². The molecule has 1 aromatic carbocycles. The van der Waals surface area contributed by atoms with E-state index in [0.717, 1.165) is 12.2 Å². The van der Waals surface area contributed by atoms with Crippen LogP contribution in [-0.4, -0.2) is 44.5 Å². The Kier molecular flexibility index (Phi) is 5.11. The summed E-state index contributed by atoms with van der Waals surface area (Å²) in [6, 6.07) is 7.58. The summed E-state index contributed by atoms with van der Waals surface area (Å²) < 4.78 is 22.8. The molecule has 1 aromatic rings. The van der Waals surface area contributed by atoms with Gasteiger partial charge in [0.1, 0.15) is 0 Å². The smallest absolute Gasteiger partial charge is 0.251 e. The summed E-state index contributed by atoms with van der Waals surface area (Å²) in [7, 11) is -2.98. The van der Waals surface area contributed by atoms with Gasteiger partial charge >= 0.3 is 0 Å². The third-order valence-electron chi connectivity index (χ3n) is 3.99. The molecule has 1 atom stereocenters. The minimum Gasteiger partial charge on any atom is -0.369 e. The van der Waals surface area contributed by atoms with Gasteiger partial charge in [-0.2, -0.15) is 0 Å². The summed E-state index contributed by atoms with van der Waals surface area (Å²) >= 11 is 0. The van der Waals surface area contributed by atoms with Crippen LogP contribution in [0.4, 0.5) is 5.69 Å². The highest BCUT2D eigenvalue weighted by molar-refractivity contribution is 7.91. The summed E-state index contributed by atoms with van der Waals surface area (Å²) in [6.45, 7) is 7.26. The maximum Gasteiger partial charge on any atom is 0.251 e. The molecule has 1 amide bonds. The van der Waals surface area contributed by atoms with Crippen LogP contribution in [0.15, 0.2) is 24.3 Å². The molecule has 1 heterocycles. The molecule has 1 saturated heterocycles. The van der Waals surface area contributed by atoms with Gasteiger partial charge in [-0.1, -0.05) is 0 Å². The molecule has 6 heteroatoms. The van der Waals surface area contributed by atoms with E-state index in [1.54, 1.807) is 12.1 Å². The molecule has 2 rings (SSSR count). The van der Waals surface area contributed by atoms with Crippen LogP contribution in [0.3, 0.4) is 0 Å². The Morgan fingerprint density at radius 3 is 2.41 bits per heavy atom. The quantitative estimate of drug-likeness (QED) is 0.897. The van der Waals surface area contributed by atoms with Crippen LogP contribution in [0.2, 0.25) is 0 Å². The SMILES string of the molecule is CCN(c1ccc(C(=O)NC2CCS(=O)(=O)C2)cc1)C(C)C. The molecular weight excluding hydrogens is 300 g/mol. The highest BCUT2D eigenvalue weighted by atomic mass is 32.2. The fraction of sp³-hybridized carbons (Fsp3) is 0.562. The van der Waals surface area contributed by atoms with Crippen molar-refractivity contribution in [3.8, 4) is 0 Å². The van der Waals surface area contributed by atoms with Crippen molar-refractivity contribution in [3.63, 3.8) is 0 Å². The van der Waals surface area contributed by atoms with Crippen LogP contribution in [-0.2, 0) is 9.84 Å². The predicted molar refractivity (Wildman–Crippen MR) is 89.1 cm³/mol. The highest BCUT2D eigenvalue weighted by Gasteiger charge is 2.29. The summed E-state index contributed by atoms with van der Waals surface area (Å²) in [5.74, 6) is 0.00564. The molecule has 1 aliphatic rings. The standard InChI is InChI=1S/C16H24N2O3S/c1-4-18(12(2)3)15-7-5-13(6-8-15)16(19)17-14-9-10-22(20,21)11-14/h5-8,12,14H,4,9-11H2,1-3H3,(H,17,19). The van der Waals surface area contributed by atoms with Crippen LogP contribution in [0.1, 0.15) is 37.6 Å². The largest absolute Gasteiger partial charge is 0.369 e. The van der Waals surface area contributed by atoms with Crippen LogP contribution in [0.25, 0.3) is 0 Å². The topological polar surface area (TPSA) is 66.5 Å². The van der Waals surface area contributed by atoms with Gasteiger partial charge in [0.25, 0.3) is 5.91 Å². The van der Waals surface area contributed by atoms with Gasteiger partial charge in [-0.25, -0.2) is 8.42 Å². The maximum absolute atomic E-state index is 12.2. The molecule has 1 unspecified atom stereocenters. The van der Waals surface area contributed by atoms with Crippen LogP contribution >= 0.6 is 0 Å². The lowest BCUT2D eigenvalue weighted by atomic mass is 10.1. The van der Waals surface area contributed by atoms with Crippen molar-refractivity contribution in [2.24, 2.45) is 0 Å². The Bertz CT molecular complexity index is 623. The van der Waals surface area contributed by atoms with Crippen molar-refractivity contribution in [1.29, 1.82) is 0 Å². The van der Waals surface area contributed by atoms with Gasteiger partial charge in [0.15, 0.2) is 9.84 Å². The average molecular weight is 324 g/mol. The third-order valence-corrected chi connectivity index (χ3v) is 5.76. The number of hydrogen-bond donors (Lipinski definition) is 1. The zero-order valence-electron chi connectivity index (χ0n) is 13.4. The first-order valence-corrected chi connectivity index (χ1v) is 9.52. The normalized spacial score (nSPS) is 20.1. The van der Waals surface area contributed by atoms with Crippen molar-refractivity contribution in [2.75, 3.05) is 23.0 Å². The lowest BCUT2D eigenvalue weighted by Crippen LogP contribution is -2.35. The van der Waals surface area contributed by atoms with Crippen molar-refractivity contribution in [1.82, 2.24) is 5.32 Å². The number of benzene rings is 1. The number of nitrogens with one attached hydrogen (secondary N) is 1. The lowest BCUT2D eigenvalue weighted by molar-refractivity contribution is 0.0941. The first-order chi connectivity index (χ1) is 10.3. The van der Waals surface area contributed by atoms with Gasteiger partial charge in [-0.05, 0) is 51.5 Å². The van der Waals surface area contributed by atoms with Crippen molar-refractivity contribution < 1.29 is 13.2 Å². The molecule has 1 N–H and O–H groups in total. The molecule has 0 saturated carbocycles. The van der Waals surface area contributed by atoms with E-state index < -0.39 is 9.84 Å². The molecule has 0 aliphatic carbocycles. The van der Waals surface area contributed by atoms with E-state index in [1.165, 1.54) is 0 Å². The first kappa shape index (κ1) is 16.8. The molecule has 5 nitrogen and oxygen atoms in total. The van der Waals surface area contributed by atoms with Crippen molar-refractivity contribution >= 4 is 21.4 Å². The summed E-state index contributed by atoms with van der Waals surface area (Å²) in [6.07, 6.45) is 0.503. The zero-order valence-corrected chi connectivity index (χ0v) is 14.2. The molecule has 22 heavy (non-hydrogen) atoms. The third kappa shape index (κ3) is 4.00. The van der Waals surface area contributed by atoms with Crippen molar-refractivity contribution in [2.45, 2.75) is 39.3 Å². The minimum absolute atomic E-state index is 0.0494. The van der Waals surface area contributed by atoms with Crippen LogP contribution < -0.4 is 10.2 Å². The van der Waals surface area contributed by atoms with Crippen LogP contribution in [0.5, 0.6) is 0 Å². The minimum atomic E-state index is -2.98. The van der Waals surface area contributed by atoms with E-state index in [0.29, 0.717) is 18.0 Å². The van der Waals surface area contributed by atoms with E-state index in [9.17, 15) is 13.2 Å². The van der Waals surface area contributed by atoms with Gasteiger partial charge in [0, 0.05) is 29.9 Å². The lowest BCUT2D eigenvalue weighted by Gasteiger charge is -2.27. The number of carbonyl (C=O) groups excluding carboxylic acids is 1. The predicted octanol–water partition coefficient (Wildman–Crippen LogP) is 1.84. The van der Waals surface area contributed by atoms with Gasteiger partial charge in [-0.15, -0.1) is 0 Å². The Balaban J connectivity index is 2.02. The monoisotopic (exact) mass is 324 g/mol. The second-order valence-corrected chi connectivity index (χ2v) is 8.23. The number of rotatable bonds is 5. The molecule has 0 spiro atoms. The van der Waals surface area contributed by atoms with Crippen LogP contribution in [0, 0.1) is 0 Å². The molecular formula is C16H24N2O3S. The van der Waals surface area contributed by atoms with Gasteiger partial charge < -0.3 is 10.2 Å². The van der Waals surface area contributed by atoms with E-state index >= 15 is 0 Å². The fourth-order valence-corrected chi connectivity index (χ4v) is 4.50. The Hall–Kier alpha value is -1.56. The Labute approximate surface area is 132 Å². The number of carbonyl (C=O) groups is 1. The van der Waals surface area contributed by atoms with Crippen molar-refractivity contribution in [3.05, 3.63) is 29.8 Å². The second kappa shape index (κ2) is 6.69. The number of amides is 1. The molecule has 0 radical (unpaired) electrons. The fourth-order valence-electron chi connectivity index (χ4n) is 2.83. The molecule has 0 aromatic heterocycles. The maximum atomic E-state index is 12.2. The number of sulfone groups is 1. The molecule has 1 fully saturated rings. The second-order valence-electron chi connectivity index (χ2n) is 6.00. The number of nitrogens with zero attached hydrogens (tertiary/aromatic N) is 1. The Morgan fingerprint density at radius 1 is 1.32 bits per heavy atom. The summed E-state index contributed by atoms with van der Waals surface area (Å²) in [5, 5.41) is 2.80. The number of anilines is 1. The molecule has 122 valence electrons. The van der Waals surface area contributed by atoms with E-state index in [4.69, 9.17) is 0 Å². The van der Waals surface area contributed by atoms with Gasteiger partial charge in [0.05, 0.1) is 11.5 Å². The van der Waals surface area contributed by atoms with E-state index in [2.05, 4.69) is 31.0 Å². The number of hydrogen-bond acceptors (Lipinski definition) is 4. The molecule has 1 aliphatic heterocycles. The zero-order chi connectivity index (χ0) is 16.3. The molecule has 0 bridgehead atoms. The average Bonchev–Trinajstić information content (AvgIpc) is 2.79. The van der Waals surface area contributed by atoms with E-state index in [-0.39, 0.29) is 23.5 Å². The summed E-state index contributed by atoms with van der Waals surface area (Å²) in [5.41, 5.74) is 1.64. The first-order valence-electron chi connectivity index (χ1n) is 7.70. The highest BCUT2D eigenvalue weighted by Crippen LogP contribution is 2.18.